The van der Waals surface area contributed by atoms with Gasteiger partial charge in [0.15, 0.2) is 11.6 Å². The summed E-state index contributed by atoms with van der Waals surface area (Å²) in [5, 5.41) is 6.28. The molecule has 0 fully saturated rings. The van der Waals surface area contributed by atoms with E-state index in [2.05, 4.69) is 20.6 Å². The summed E-state index contributed by atoms with van der Waals surface area (Å²) in [5.74, 6) is 1.94. The molecule has 1 aromatic heterocycles. The molecular formula is C14H19N5O. The highest BCUT2D eigenvalue weighted by Crippen LogP contribution is 2.30. The number of hydrogen-bond donors (Lipinski definition) is 3. The summed E-state index contributed by atoms with van der Waals surface area (Å²) >= 11 is 0. The van der Waals surface area contributed by atoms with Gasteiger partial charge in [-0.25, -0.2) is 9.97 Å². The lowest BCUT2D eigenvalue weighted by Gasteiger charge is -2.14. The van der Waals surface area contributed by atoms with E-state index in [0.717, 1.165) is 18.0 Å². The number of nitrogens with one attached hydrogen (secondary N) is 2. The van der Waals surface area contributed by atoms with Gasteiger partial charge in [-0.1, -0.05) is 12.1 Å². The molecule has 1 aromatic carbocycles. The highest BCUT2D eigenvalue weighted by atomic mass is 16.5. The summed E-state index contributed by atoms with van der Waals surface area (Å²) in [6, 6.07) is 7.66. The number of hydrogen-bond acceptors (Lipinski definition) is 6. The maximum atomic E-state index is 6.05. The average Bonchev–Trinajstić information content (AvgIpc) is 2.46. The molecule has 0 atom stereocenters. The molecule has 0 radical (unpaired) electrons. The first-order valence-electron chi connectivity index (χ1n) is 6.59. The smallest absolute Gasteiger partial charge is 0.159 e. The molecule has 0 saturated carbocycles. The molecule has 0 aliphatic heterocycles. The van der Waals surface area contributed by atoms with Crippen LogP contribution in [0.4, 0.5) is 23.0 Å². The van der Waals surface area contributed by atoms with Crippen LogP contribution < -0.4 is 21.1 Å². The number of nitrogens with zero attached hydrogens (tertiary/aromatic N) is 2. The predicted octanol–water partition coefficient (Wildman–Crippen LogP) is 2.63. The molecule has 6 nitrogen and oxygen atoms in total. The molecule has 1 heterocycles. The van der Waals surface area contributed by atoms with Crippen molar-refractivity contribution in [2.24, 2.45) is 0 Å². The Morgan fingerprint density at radius 3 is 2.65 bits per heavy atom. The summed E-state index contributed by atoms with van der Waals surface area (Å²) in [5.41, 5.74) is 7.36. The van der Waals surface area contributed by atoms with Gasteiger partial charge in [0.1, 0.15) is 17.8 Å². The monoisotopic (exact) mass is 273 g/mol. The van der Waals surface area contributed by atoms with Crippen molar-refractivity contribution in [3.63, 3.8) is 0 Å². The first kappa shape index (κ1) is 13.9. The predicted molar refractivity (Wildman–Crippen MR) is 81.5 cm³/mol. The standard InChI is InChI=1S/C14H19N5O/c1-3-16-13-12(15)14(18-9-17-13)19-10-7-5-6-8-11(10)20-4-2/h5-9H,3-4,15H2,1-2H3,(H2,16,17,18,19). The quantitative estimate of drug-likeness (QED) is 0.750. The van der Waals surface area contributed by atoms with E-state index >= 15 is 0 Å². The van der Waals surface area contributed by atoms with E-state index in [-0.39, 0.29) is 0 Å². The lowest BCUT2D eigenvalue weighted by molar-refractivity contribution is 0.342. The fraction of sp³-hybridized carbons (Fsp3) is 0.286. The van der Waals surface area contributed by atoms with Gasteiger partial charge < -0.3 is 21.1 Å². The van der Waals surface area contributed by atoms with Crippen LogP contribution >= 0.6 is 0 Å². The largest absolute Gasteiger partial charge is 0.492 e. The molecular weight excluding hydrogens is 254 g/mol. The molecule has 0 bridgehead atoms. The Morgan fingerprint density at radius 2 is 1.90 bits per heavy atom. The molecule has 6 heteroatoms. The van der Waals surface area contributed by atoms with Crippen molar-refractivity contribution in [3.8, 4) is 5.75 Å². The summed E-state index contributed by atoms with van der Waals surface area (Å²) in [7, 11) is 0. The Balaban J connectivity index is 2.28. The van der Waals surface area contributed by atoms with Crippen LogP contribution in [0.2, 0.25) is 0 Å². The van der Waals surface area contributed by atoms with Crippen LogP contribution in [0.3, 0.4) is 0 Å². The summed E-state index contributed by atoms with van der Waals surface area (Å²) in [6.07, 6.45) is 1.47. The second kappa shape index (κ2) is 6.60. The zero-order valence-corrected chi connectivity index (χ0v) is 11.7. The van der Waals surface area contributed by atoms with Crippen LogP contribution in [0.25, 0.3) is 0 Å². The first-order valence-corrected chi connectivity index (χ1v) is 6.59. The molecule has 0 amide bonds. The van der Waals surface area contributed by atoms with E-state index in [0.29, 0.717) is 23.9 Å². The van der Waals surface area contributed by atoms with Gasteiger partial charge >= 0.3 is 0 Å². The highest BCUT2D eigenvalue weighted by Gasteiger charge is 2.09. The highest BCUT2D eigenvalue weighted by molar-refractivity contribution is 5.79. The van der Waals surface area contributed by atoms with Crippen molar-refractivity contribution in [2.75, 3.05) is 29.5 Å². The van der Waals surface area contributed by atoms with Gasteiger partial charge in [0.2, 0.25) is 0 Å². The van der Waals surface area contributed by atoms with E-state index < -0.39 is 0 Å². The Kier molecular flexibility index (Phi) is 4.60. The van der Waals surface area contributed by atoms with Crippen LogP contribution in [0.15, 0.2) is 30.6 Å². The van der Waals surface area contributed by atoms with Crippen LogP contribution in [0.5, 0.6) is 5.75 Å². The average molecular weight is 273 g/mol. The Morgan fingerprint density at radius 1 is 1.15 bits per heavy atom. The maximum absolute atomic E-state index is 6.05. The van der Waals surface area contributed by atoms with E-state index in [1.807, 2.05) is 38.1 Å². The third-order valence-electron chi connectivity index (χ3n) is 2.67. The SMILES string of the molecule is CCNc1ncnc(Nc2ccccc2OCC)c1N. The van der Waals surface area contributed by atoms with Crippen molar-refractivity contribution >= 4 is 23.0 Å². The minimum atomic E-state index is 0.487. The molecule has 0 spiro atoms. The zero-order chi connectivity index (χ0) is 14.4. The fourth-order valence-corrected chi connectivity index (χ4v) is 1.78. The molecule has 4 N–H and O–H groups in total. The Labute approximate surface area is 118 Å². The van der Waals surface area contributed by atoms with E-state index in [1.165, 1.54) is 6.33 Å². The number of anilines is 4. The number of aromatic nitrogens is 2. The Hall–Kier alpha value is -2.50. The maximum Gasteiger partial charge on any atom is 0.159 e. The van der Waals surface area contributed by atoms with Crippen LogP contribution in [0, 0.1) is 0 Å². The number of nitrogens with two attached hydrogens (primary N) is 1. The third kappa shape index (κ3) is 3.09. The summed E-state index contributed by atoms with van der Waals surface area (Å²) in [6.45, 7) is 5.27. The topological polar surface area (TPSA) is 85.1 Å². The van der Waals surface area contributed by atoms with Gasteiger partial charge in [0.05, 0.1) is 12.3 Å². The third-order valence-corrected chi connectivity index (χ3v) is 2.67. The van der Waals surface area contributed by atoms with Gasteiger partial charge in [-0.15, -0.1) is 0 Å². The second-order valence-electron chi connectivity index (χ2n) is 4.07. The van der Waals surface area contributed by atoms with Crippen molar-refractivity contribution in [2.45, 2.75) is 13.8 Å². The molecule has 2 aromatic rings. The van der Waals surface area contributed by atoms with Crippen molar-refractivity contribution in [3.05, 3.63) is 30.6 Å². The molecule has 0 aliphatic rings. The van der Waals surface area contributed by atoms with Gasteiger partial charge in [-0.3, -0.25) is 0 Å². The van der Waals surface area contributed by atoms with Crippen LogP contribution in [0.1, 0.15) is 13.8 Å². The van der Waals surface area contributed by atoms with Crippen LogP contribution in [-0.2, 0) is 0 Å². The molecule has 0 unspecified atom stereocenters. The molecule has 0 aliphatic carbocycles. The number of nitrogen functional groups attached to an aromatic ring is 1. The van der Waals surface area contributed by atoms with Gasteiger partial charge in [0.25, 0.3) is 0 Å². The van der Waals surface area contributed by atoms with E-state index in [9.17, 15) is 0 Å². The van der Waals surface area contributed by atoms with E-state index in [1.54, 1.807) is 0 Å². The van der Waals surface area contributed by atoms with Crippen molar-refractivity contribution in [1.29, 1.82) is 0 Å². The molecule has 106 valence electrons. The fourth-order valence-electron chi connectivity index (χ4n) is 1.78. The summed E-state index contributed by atoms with van der Waals surface area (Å²) in [4.78, 5) is 8.29. The molecule has 2 rings (SSSR count). The lowest BCUT2D eigenvalue weighted by Crippen LogP contribution is -2.08. The van der Waals surface area contributed by atoms with Gasteiger partial charge in [-0.05, 0) is 26.0 Å². The lowest BCUT2D eigenvalue weighted by atomic mass is 10.3. The van der Waals surface area contributed by atoms with Gasteiger partial charge in [0, 0.05) is 6.54 Å². The number of benzene rings is 1. The number of rotatable bonds is 6. The normalized spacial score (nSPS) is 10.1. The van der Waals surface area contributed by atoms with E-state index in [4.69, 9.17) is 10.5 Å². The zero-order valence-electron chi connectivity index (χ0n) is 11.7. The first-order chi connectivity index (χ1) is 9.76. The minimum absolute atomic E-state index is 0.487. The minimum Gasteiger partial charge on any atom is -0.492 e. The molecule has 0 saturated heterocycles. The van der Waals surface area contributed by atoms with Gasteiger partial charge in [-0.2, -0.15) is 0 Å². The van der Waals surface area contributed by atoms with Crippen LogP contribution in [-0.4, -0.2) is 23.1 Å². The second-order valence-corrected chi connectivity index (χ2v) is 4.07. The van der Waals surface area contributed by atoms with Crippen molar-refractivity contribution < 1.29 is 4.74 Å². The molecule has 20 heavy (non-hydrogen) atoms. The summed E-state index contributed by atoms with van der Waals surface area (Å²) < 4.78 is 5.56. The number of ether oxygens (including phenoxy) is 1. The van der Waals surface area contributed by atoms with Crippen molar-refractivity contribution in [1.82, 2.24) is 9.97 Å². The number of para-hydroxylation sites is 2. The Bertz CT molecular complexity index is 573.